The number of hydrogen-bond donors (Lipinski definition) is 0. The Balaban J connectivity index is 0.000000891. The van der Waals surface area contributed by atoms with E-state index in [1.54, 1.807) is 18.2 Å². The Labute approximate surface area is 141 Å². The molecular weight excluding hydrogens is 304 g/mol. The second-order valence-electron chi connectivity index (χ2n) is 5.30. The highest BCUT2D eigenvalue weighted by Gasteiger charge is 2.10. The first kappa shape index (κ1) is 19.2. The van der Waals surface area contributed by atoms with Crippen LogP contribution >= 0.6 is 0 Å². The fraction of sp³-hybridized carbons (Fsp3) is 0.200. The molecule has 0 saturated carbocycles. The summed E-state index contributed by atoms with van der Waals surface area (Å²) in [6.45, 7) is 6.30. The van der Waals surface area contributed by atoms with Gasteiger partial charge in [-0.15, -0.1) is 0 Å². The fourth-order valence-corrected chi connectivity index (χ4v) is 2.40. The van der Waals surface area contributed by atoms with Crippen molar-refractivity contribution in [3.05, 3.63) is 58.7 Å². The average Bonchev–Trinajstić information content (AvgIpc) is 2.54. The summed E-state index contributed by atoms with van der Waals surface area (Å²) in [5, 5.41) is 0. The van der Waals surface area contributed by atoms with Gasteiger partial charge in [0, 0.05) is 16.7 Å². The second-order valence-corrected chi connectivity index (χ2v) is 5.30. The van der Waals surface area contributed by atoms with Crippen LogP contribution in [0.2, 0.25) is 0 Å². The van der Waals surface area contributed by atoms with Crippen LogP contribution in [-0.4, -0.2) is 24.1 Å². The first-order chi connectivity index (χ1) is 11.3. The molecule has 0 aliphatic carbocycles. The first-order valence-corrected chi connectivity index (χ1v) is 7.47. The number of rotatable bonds is 4. The summed E-state index contributed by atoms with van der Waals surface area (Å²) in [4.78, 5) is 42.8. The molecule has 0 bridgehead atoms. The summed E-state index contributed by atoms with van der Waals surface area (Å²) in [5.41, 5.74) is 4.15. The topological polar surface area (TPSA) is 68.3 Å². The third-order valence-corrected chi connectivity index (χ3v) is 3.50. The number of hydrogen-bond acceptors (Lipinski definition) is 4. The van der Waals surface area contributed by atoms with Crippen LogP contribution in [0.4, 0.5) is 0 Å². The highest BCUT2D eigenvalue weighted by molar-refractivity contribution is 6.02. The molecule has 0 N–H and O–H groups in total. The third kappa shape index (κ3) is 4.56. The van der Waals surface area contributed by atoms with Gasteiger partial charge in [-0.3, -0.25) is 14.4 Å². The Morgan fingerprint density at radius 3 is 1.71 bits per heavy atom. The van der Waals surface area contributed by atoms with Gasteiger partial charge < -0.3 is 4.79 Å². The molecule has 4 heteroatoms. The number of benzene rings is 2. The molecule has 124 valence electrons. The standard InChI is InChI=1S/C18H16O3.C2H4O/c1-11-8-14(4-6-17(11)12(2)20)15-5-7-18(13(3)21)16(9-15)10-19;1-2-3/h4-10H,1-3H3;2H,1H3. The van der Waals surface area contributed by atoms with Crippen molar-refractivity contribution in [1.82, 2.24) is 0 Å². The molecule has 2 aromatic rings. The van der Waals surface area contributed by atoms with Crippen LogP contribution in [-0.2, 0) is 4.79 Å². The average molecular weight is 324 g/mol. The first-order valence-electron chi connectivity index (χ1n) is 7.47. The molecule has 0 saturated heterocycles. The maximum absolute atomic E-state index is 11.5. The van der Waals surface area contributed by atoms with Gasteiger partial charge in [0.25, 0.3) is 0 Å². The Morgan fingerprint density at radius 1 is 0.833 bits per heavy atom. The molecule has 4 nitrogen and oxygen atoms in total. The van der Waals surface area contributed by atoms with Gasteiger partial charge in [-0.05, 0) is 50.5 Å². The van der Waals surface area contributed by atoms with E-state index in [1.165, 1.54) is 20.8 Å². The number of aldehydes is 2. The SMILES string of the molecule is CC(=O)c1ccc(-c2ccc(C(C)=O)c(C=O)c2)cc1C.CC=O. The summed E-state index contributed by atoms with van der Waals surface area (Å²) < 4.78 is 0. The van der Waals surface area contributed by atoms with Gasteiger partial charge in [0.1, 0.15) is 6.29 Å². The molecule has 0 aliphatic rings. The summed E-state index contributed by atoms with van der Waals surface area (Å²) in [7, 11) is 0. The van der Waals surface area contributed by atoms with Crippen molar-refractivity contribution < 1.29 is 19.2 Å². The third-order valence-electron chi connectivity index (χ3n) is 3.50. The largest absolute Gasteiger partial charge is 0.304 e. The van der Waals surface area contributed by atoms with E-state index in [4.69, 9.17) is 4.79 Å². The Bertz CT molecular complexity index is 788. The van der Waals surface area contributed by atoms with Crippen molar-refractivity contribution >= 4 is 24.1 Å². The van der Waals surface area contributed by atoms with Gasteiger partial charge in [0.15, 0.2) is 17.9 Å². The minimum absolute atomic E-state index is 0.0274. The van der Waals surface area contributed by atoms with Crippen LogP contribution in [0.1, 0.15) is 57.4 Å². The maximum Gasteiger partial charge on any atom is 0.160 e. The van der Waals surface area contributed by atoms with Crippen LogP contribution in [0.3, 0.4) is 0 Å². The van der Waals surface area contributed by atoms with Crippen LogP contribution in [0, 0.1) is 6.92 Å². The van der Waals surface area contributed by atoms with E-state index in [0.717, 1.165) is 23.0 Å². The highest BCUT2D eigenvalue weighted by Crippen LogP contribution is 2.25. The van der Waals surface area contributed by atoms with E-state index in [0.29, 0.717) is 23.0 Å². The van der Waals surface area contributed by atoms with Crippen LogP contribution in [0.5, 0.6) is 0 Å². The zero-order valence-corrected chi connectivity index (χ0v) is 14.3. The monoisotopic (exact) mass is 324 g/mol. The zero-order chi connectivity index (χ0) is 18.3. The summed E-state index contributed by atoms with van der Waals surface area (Å²) in [5.74, 6) is -0.105. The quantitative estimate of drug-likeness (QED) is 0.627. The number of Topliss-reactive ketones (excluding diaryl/α,β-unsaturated/α-hetero) is 2. The number of carbonyl (C=O) groups is 4. The molecule has 0 heterocycles. The van der Waals surface area contributed by atoms with E-state index in [-0.39, 0.29) is 11.6 Å². The van der Waals surface area contributed by atoms with Crippen LogP contribution < -0.4 is 0 Å². The van der Waals surface area contributed by atoms with E-state index >= 15 is 0 Å². The van der Waals surface area contributed by atoms with Crippen molar-refractivity contribution in [3.8, 4) is 11.1 Å². The van der Waals surface area contributed by atoms with E-state index in [1.807, 2.05) is 25.1 Å². The molecule has 0 fully saturated rings. The van der Waals surface area contributed by atoms with Crippen molar-refractivity contribution in [2.75, 3.05) is 0 Å². The van der Waals surface area contributed by atoms with E-state index < -0.39 is 0 Å². The van der Waals surface area contributed by atoms with Crippen molar-refractivity contribution in [3.63, 3.8) is 0 Å². The predicted octanol–water partition coefficient (Wildman–Crippen LogP) is 4.08. The van der Waals surface area contributed by atoms with E-state index in [9.17, 15) is 14.4 Å². The smallest absolute Gasteiger partial charge is 0.160 e. The lowest BCUT2D eigenvalue weighted by Crippen LogP contribution is -1.99. The molecule has 2 rings (SSSR count). The van der Waals surface area contributed by atoms with Gasteiger partial charge in [0.05, 0.1) is 0 Å². The predicted molar refractivity (Wildman–Crippen MR) is 93.7 cm³/mol. The van der Waals surface area contributed by atoms with Gasteiger partial charge in [0.2, 0.25) is 0 Å². The lowest BCUT2D eigenvalue weighted by atomic mass is 9.95. The lowest BCUT2D eigenvalue weighted by Gasteiger charge is -2.09. The van der Waals surface area contributed by atoms with Crippen molar-refractivity contribution in [2.24, 2.45) is 0 Å². The molecule has 24 heavy (non-hydrogen) atoms. The second kappa shape index (κ2) is 8.67. The number of ketones is 2. The maximum atomic E-state index is 11.5. The Hall–Kier alpha value is -2.88. The molecule has 0 unspecified atom stereocenters. The minimum atomic E-state index is -0.133. The summed E-state index contributed by atoms with van der Waals surface area (Å²) >= 11 is 0. The molecule has 0 atom stereocenters. The van der Waals surface area contributed by atoms with E-state index in [2.05, 4.69) is 0 Å². The molecule has 0 aromatic heterocycles. The zero-order valence-electron chi connectivity index (χ0n) is 14.3. The lowest BCUT2D eigenvalue weighted by molar-refractivity contribution is -0.106. The van der Waals surface area contributed by atoms with Gasteiger partial charge >= 0.3 is 0 Å². The van der Waals surface area contributed by atoms with Gasteiger partial charge in [-0.2, -0.15) is 0 Å². The van der Waals surface area contributed by atoms with Crippen molar-refractivity contribution in [1.29, 1.82) is 0 Å². The Morgan fingerprint density at radius 2 is 1.29 bits per heavy atom. The molecular formula is C20H20O4. The molecule has 0 amide bonds. The Kier molecular flexibility index (Phi) is 6.93. The molecule has 0 spiro atoms. The normalized spacial score (nSPS) is 9.50. The molecule has 0 aliphatic heterocycles. The number of carbonyl (C=O) groups excluding carboxylic acids is 4. The van der Waals surface area contributed by atoms with Gasteiger partial charge in [-0.25, -0.2) is 0 Å². The van der Waals surface area contributed by atoms with Crippen LogP contribution in [0.25, 0.3) is 11.1 Å². The van der Waals surface area contributed by atoms with Crippen molar-refractivity contribution in [2.45, 2.75) is 27.7 Å². The molecule has 2 aromatic carbocycles. The number of aryl methyl sites for hydroxylation is 1. The highest BCUT2D eigenvalue weighted by atomic mass is 16.1. The van der Waals surface area contributed by atoms with Crippen LogP contribution in [0.15, 0.2) is 36.4 Å². The fourth-order valence-electron chi connectivity index (χ4n) is 2.40. The summed E-state index contributed by atoms with van der Waals surface area (Å²) in [6.07, 6.45) is 1.44. The minimum Gasteiger partial charge on any atom is -0.304 e. The summed E-state index contributed by atoms with van der Waals surface area (Å²) in [6, 6.07) is 10.7. The van der Waals surface area contributed by atoms with Gasteiger partial charge in [-0.1, -0.05) is 30.3 Å². The molecule has 0 radical (unpaired) electrons.